The monoisotopic (exact) mass is 330 g/mol. The molecule has 1 atom stereocenters. The minimum atomic E-state index is -0.363. The minimum Gasteiger partial charge on any atom is -0.390 e. The molecule has 1 aromatic rings. The summed E-state index contributed by atoms with van der Waals surface area (Å²) in [5, 5.41) is 13.1. The predicted octanol–water partition coefficient (Wildman–Crippen LogP) is 2.13. The molecule has 0 aromatic heterocycles. The van der Waals surface area contributed by atoms with Gasteiger partial charge in [-0.3, -0.25) is 0 Å². The van der Waals surface area contributed by atoms with E-state index in [9.17, 15) is 9.50 Å². The Hall–Kier alpha value is -0.490. The summed E-state index contributed by atoms with van der Waals surface area (Å²) in [7, 11) is 0. The first-order valence-corrected chi connectivity index (χ1v) is 7.49. The van der Waals surface area contributed by atoms with Crippen molar-refractivity contribution in [3.05, 3.63) is 34.1 Å². The van der Waals surface area contributed by atoms with Crippen molar-refractivity contribution in [1.82, 2.24) is 10.2 Å². The Morgan fingerprint density at radius 2 is 2.11 bits per heavy atom. The summed E-state index contributed by atoms with van der Waals surface area (Å²) in [5.41, 5.74) is 0.883. The molecule has 2 rings (SSSR count). The molecule has 1 aromatic carbocycles. The van der Waals surface area contributed by atoms with Crippen LogP contribution in [0.4, 0.5) is 4.39 Å². The van der Waals surface area contributed by atoms with Crippen LogP contribution in [0.1, 0.15) is 18.4 Å². The number of benzene rings is 1. The van der Waals surface area contributed by atoms with E-state index in [1.165, 1.54) is 18.9 Å². The zero-order valence-electron chi connectivity index (χ0n) is 10.9. The number of β-amino-alcohol motifs (C(OH)–C–C–N with tert-alkyl or cyclic N) is 1. The van der Waals surface area contributed by atoms with E-state index < -0.39 is 0 Å². The van der Waals surface area contributed by atoms with Gasteiger partial charge in [-0.2, -0.15) is 0 Å². The third-order valence-corrected chi connectivity index (χ3v) is 4.00. The lowest BCUT2D eigenvalue weighted by molar-refractivity contribution is 0.123. The van der Waals surface area contributed by atoms with Gasteiger partial charge in [0.15, 0.2) is 0 Å². The molecular formula is C14H20BrFN2O. The molecule has 5 heteroatoms. The van der Waals surface area contributed by atoms with Crippen molar-refractivity contribution >= 4 is 15.9 Å². The summed E-state index contributed by atoms with van der Waals surface area (Å²) in [6.45, 7) is 4.01. The number of rotatable bonds is 6. The maximum Gasteiger partial charge on any atom is 0.137 e. The number of nitrogens with one attached hydrogen (secondary N) is 1. The average molecular weight is 331 g/mol. The topological polar surface area (TPSA) is 35.5 Å². The van der Waals surface area contributed by atoms with Crippen LogP contribution in [0, 0.1) is 5.82 Å². The fourth-order valence-electron chi connectivity index (χ4n) is 2.36. The van der Waals surface area contributed by atoms with E-state index in [1.54, 1.807) is 6.07 Å². The lowest BCUT2D eigenvalue weighted by atomic mass is 10.2. The molecule has 1 heterocycles. The first kappa shape index (κ1) is 14.9. The number of likely N-dealkylation sites (tertiary alicyclic amines) is 1. The Kier molecular flexibility index (Phi) is 5.76. The zero-order chi connectivity index (χ0) is 13.7. The van der Waals surface area contributed by atoms with E-state index >= 15 is 0 Å². The molecule has 106 valence electrons. The second-order valence-electron chi connectivity index (χ2n) is 5.04. The molecule has 0 spiro atoms. The SMILES string of the molecule is OC(CNCc1ccc(Br)c(F)c1)CN1CCCC1. The van der Waals surface area contributed by atoms with Gasteiger partial charge in [0.1, 0.15) is 5.82 Å². The maximum atomic E-state index is 13.3. The van der Waals surface area contributed by atoms with E-state index in [4.69, 9.17) is 0 Å². The quantitative estimate of drug-likeness (QED) is 0.838. The van der Waals surface area contributed by atoms with Gasteiger partial charge in [-0.05, 0) is 59.6 Å². The van der Waals surface area contributed by atoms with Crippen molar-refractivity contribution in [1.29, 1.82) is 0 Å². The van der Waals surface area contributed by atoms with Gasteiger partial charge in [0.25, 0.3) is 0 Å². The summed E-state index contributed by atoms with van der Waals surface area (Å²) >= 11 is 3.13. The summed E-state index contributed by atoms with van der Waals surface area (Å²) in [5.74, 6) is -0.253. The molecule has 0 bridgehead atoms. The second kappa shape index (κ2) is 7.33. The van der Waals surface area contributed by atoms with Crippen LogP contribution in [0.2, 0.25) is 0 Å². The Morgan fingerprint density at radius 3 is 2.79 bits per heavy atom. The van der Waals surface area contributed by atoms with E-state index in [0.29, 0.717) is 17.6 Å². The molecule has 1 fully saturated rings. The number of hydrogen-bond acceptors (Lipinski definition) is 3. The highest BCUT2D eigenvalue weighted by Gasteiger charge is 2.15. The van der Waals surface area contributed by atoms with Crippen LogP contribution in [-0.2, 0) is 6.54 Å². The maximum absolute atomic E-state index is 13.3. The smallest absolute Gasteiger partial charge is 0.137 e. The fraction of sp³-hybridized carbons (Fsp3) is 0.571. The molecule has 19 heavy (non-hydrogen) atoms. The van der Waals surface area contributed by atoms with Gasteiger partial charge in [0.2, 0.25) is 0 Å². The first-order chi connectivity index (χ1) is 9.15. The Labute approximate surface area is 121 Å². The van der Waals surface area contributed by atoms with Crippen molar-refractivity contribution in [2.45, 2.75) is 25.5 Å². The highest BCUT2D eigenvalue weighted by Crippen LogP contribution is 2.16. The lowest BCUT2D eigenvalue weighted by Crippen LogP contribution is -2.36. The van der Waals surface area contributed by atoms with Crippen molar-refractivity contribution in [3.63, 3.8) is 0 Å². The van der Waals surface area contributed by atoms with E-state index in [2.05, 4.69) is 26.1 Å². The van der Waals surface area contributed by atoms with Crippen LogP contribution in [0.5, 0.6) is 0 Å². The van der Waals surface area contributed by atoms with Crippen molar-refractivity contribution < 1.29 is 9.50 Å². The Bertz CT molecular complexity index is 410. The van der Waals surface area contributed by atoms with Gasteiger partial charge in [0.05, 0.1) is 10.6 Å². The summed E-state index contributed by atoms with van der Waals surface area (Å²) < 4.78 is 13.8. The molecule has 1 aliphatic heterocycles. The van der Waals surface area contributed by atoms with Crippen LogP contribution >= 0.6 is 15.9 Å². The predicted molar refractivity (Wildman–Crippen MR) is 77.5 cm³/mol. The van der Waals surface area contributed by atoms with Gasteiger partial charge in [-0.25, -0.2) is 4.39 Å². The van der Waals surface area contributed by atoms with Crippen LogP contribution < -0.4 is 5.32 Å². The van der Waals surface area contributed by atoms with E-state index in [0.717, 1.165) is 25.2 Å². The van der Waals surface area contributed by atoms with Gasteiger partial charge >= 0.3 is 0 Å². The average Bonchev–Trinajstić information content (AvgIpc) is 2.86. The van der Waals surface area contributed by atoms with Crippen LogP contribution in [0.25, 0.3) is 0 Å². The molecule has 1 aliphatic rings. The van der Waals surface area contributed by atoms with Gasteiger partial charge in [0, 0.05) is 19.6 Å². The van der Waals surface area contributed by atoms with Crippen LogP contribution in [0.3, 0.4) is 0 Å². The lowest BCUT2D eigenvalue weighted by Gasteiger charge is -2.19. The summed E-state index contributed by atoms with van der Waals surface area (Å²) in [4.78, 5) is 2.28. The molecule has 0 amide bonds. The first-order valence-electron chi connectivity index (χ1n) is 6.70. The van der Waals surface area contributed by atoms with Crippen LogP contribution in [-0.4, -0.2) is 42.3 Å². The van der Waals surface area contributed by atoms with Gasteiger partial charge in [-0.1, -0.05) is 6.07 Å². The molecule has 0 radical (unpaired) electrons. The molecule has 0 aliphatic carbocycles. The minimum absolute atomic E-state index is 0.253. The van der Waals surface area contributed by atoms with Crippen molar-refractivity contribution in [2.24, 2.45) is 0 Å². The molecule has 3 nitrogen and oxygen atoms in total. The second-order valence-corrected chi connectivity index (χ2v) is 5.90. The highest BCUT2D eigenvalue weighted by molar-refractivity contribution is 9.10. The molecule has 0 saturated carbocycles. The molecule has 1 unspecified atom stereocenters. The van der Waals surface area contributed by atoms with Crippen molar-refractivity contribution in [3.8, 4) is 0 Å². The normalized spacial score (nSPS) is 17.8. The summed E-state index contributed by atoms with van der Waals surface area (Å²) in [6, 6.07) is 5.07. The number of hydrogen-bond donors (Lipinski definition) is 2. The van der Waals surface area contributed by atoms with Gasteiger partial charge < -0.3 is 15.3 Å². The number of nitrogens with zero attached hydrogens (tertiary/aromatic N) is 1. The Morgan fingerprint density at radius 1 is 1.37 bits per heavy atom. The number of halogens is 2. The summed E-state index contributed by atoms with van der Waals surface area (Å²) in [6.07, 6.45) is 2.11. The Balaban J connectivity index is 1.68. The highest BCUT2D eigenvalue weighted by atomic mass is 79.9. The van der Waals surface area contributed by atoms with E-state index in [-0.39, 0.29) is 11.9 Å². The van der Waals surface area contributed by atoms with Crippen LogP contribution in [0.15, 0.2) is 22.7 Å². The zero-order valence-corrected chi connectivity index (χ0v) is 12.5. The molecular weight excluding hydrogens is 311 g/mol. The molecule has 2 N–H and O–H groups in total. The fourth-order valence-corrected chi connectivity index (χ4v) is 2.61. The van der Waals surface area contributed by atoms with E-state index in [1.807, 2.05) is 6.07 Å². The standard InChI is InChI=1S/C14H20BrFN2O/c15-13-4-3-11(7-14(13)16)8-17-9-12(19)10-18-5-1-2-6-18/h3-4,7,12,17,19H,1-2,5-6,8-10H2. The van der Waals surface area contributed by atoms with Gasteiger partial charge in [-0.15, -0.1) is 0 Å². The van der Waals surface area contributed by atoms with Crippen molar-refractivity contribution in [2.75, 3.05) is 26.2 Å². The third kappa shape index (κ3) is 4.84. The third-order valence-electron chi connectivity index (χ3n) is 3.36. The largest absolute Gasteiger partial charge is 0.390 e. The number of aliphatic hydroxyl groups excluding tert-OH is 1. The molecule has 1 saturated heterocycles. The number of aliphatic hydroxyl groups is 1.